The highest BCUT2D eigenvalue weighted by atomic mass is 35.5. The van der Waals surface area contributed by atoms with Gasteiger partial charge in [-0.3, -0.25) is 25.4 Å². The Labute approximate surface area is 191 Å². The number of aromatic nitrogens is 2. The van der Waals surface area contributed by atoms with Crippen LogP contribution in [-0.2, 0) is 4.79 Å². The Balaban J connectivity index is 1.41. The minimum atomic E-state index is -0.565. The van der Waals surface area contributed by atoms with E-state index in [2.05, 4.69) is 20.8 Å². The summed E-state index contributed by atoms with van der Waals surface area (Å²) in [5, 5.41) is 1.34. The Morgan fingerprint density at radius 2 is 1.87 bits per heavy atom. The lowest BCUT2D eigenvalue weighted by molar-refractivity contribution is -0.123. The highest BCUT2D eigenvalue weighted by Crippen LogP contribution is 2.30. The van der Waals surface area contributed by atoms with Gasteiger partial charge in [0.1, 0.15) is 16.5 Å². The van der Waals surface area contributed by atoms with E-state index in [1.807, 2.05) is 24.3 Å². The van der Waals surface area contributed by atoms with Crippen LogP contribution >= 0.6 is 34.5 Å². The number of para-hydroxylation sites is 1. The van der Waals surface area contributed by atoms with Crippen LogP contribution in [0.2, 0.25) is 10.0 Å². The molecule has 2 amide bonds. The summed E-state index contributed by atoms with van der Waals surface area (Å²) in [5.41, 5.74) is 6.21. The van der Waals surface area contributed by atoms with Crippen molar-refractivity contribution in [3.63, 3.8) is 0 Å². The largest absolute Gasteiger partial charge is 0.482 e. The first-order chi connectivity index (χ1) is 15.0. The lowest BCUT2D eigenvalue weighted by Gasteiger charge is -2.11. The topological polar surface area (TPSA) is 93.2 Å². The Bertz CT molecular complexity index is 1250. The highest BCUT2D eigenvalue weighted by molar-refractivity contribution is 7.21. The summed E-state index contributed by atoms with van der Waals surface area (Å²) in [6.45, 7) is -0.348. The minimum Gasteiger partial charge on any atom is -0.482 e. The molecule has 0 spiro atoms. The molecule has 2 aromatic heterocycles. The molecule has 0 atom stereocenters. The maximum absolute atomic E-state index is 12.7. The molecular weight excluding hydrogens is 459 g/mol. The van der Waals surface area contributed by atoms with E-state index < -0.39 is 11.8 Å². The number of halogens is 2. The van der Waals surface area contributed by atoms with Gasteiger partial charge in [-0.2, -0.15) is 0 Å². The molecule has 2 aromatic carbocycles. The normalized spacial score (nSPS) is 10.6. The predicted octanol–water partition coefficient (Wildman–Crippen LogP) is 4.51. The molecule has 0 radical (unpaired) electrons. The summed E-state index contributed by atoms with van der Waals surface area (Å²) in [6, 6.07) is 15.6. The van der Waals surface area contributed by atoms with Gasteiger partial charge in [-0.15, -0.1) is 11.3 Å². The third-order valence-corrected chi connectivity index (χ3v) is 5.69. The molecule has 10 heteroatoms. The van der Waals surface area contributed by atoms with E-state index in [1.165, 1.54) is 17.4 Å². The minimum absolute atomic E-state index is 0.278. The van der Waals surface area contributed by atoms with E-state index in [-0.39, 0.29) is 17.2 Å². The van der Waals surface area contributed by atoms with E-state index in [9.17, 15) is 9.59 Å². The maximum atomic E-state index is 12.7. The van der Waals surface area contributed by atoms with Gasteiger partial charge in [-0.1, -0.05) is 35.3 Å². The second-order valence-corrected chi connectivity index (χ2v) is 8.13. The number of hydrogen-bond donors (Lipinski definition) is 2. The molecule has 4 rings (SSSR count). The van der Waals surface area contributed by atoms with Crippen molar-refractivity contribution in [3.8, 4) is 16.5 Å². The summed E-state index contributed by atoms with van der Waals surface area (Å²) in [4.78, 5) is 33.6. The third-order valence-electron chi connectivity index (χ3n) is 4.12. The molecule has 0 aliphatic carbocycles. The predicted molar refractivity (Wildman–Crippen MR) is 120 cm³/mol. The zero-order valence-corrected chi connectivity index (χ0v) is 18.1. The molecule has 4 aromatic rings. The summed E-state index contributed by atoms with van der Waals surface area (Å²) >= 11 is 13.3. The molecule has 156 valence electrons. The van der Waals surface area contributed by atoms with Crippen LogP contribution in [0.4, 0.5) is 0 Å². The lowest BCUT2D eigenvalue weighted by atomic mass is 10.2. The first-order valence-corrected chi connectivity index (χ1v) is 10.6. The van der Waals surface area contributed by atoms with Gasteiger partial charge in [0.05, 0.1) is 20.8 Å². The average Bonchev–Trinajstić information content (AvgIpc) is 3.21. The summed E-state index contributed by atoms with van der Waals surface area (Å²) in [7, 11) is 0. The molecule has 7 nitrogen and oxygen atoms in total. The van der Waals surface area contributed by atoms with Gasteiger partial charge in [0.15, 0.2) is 6.61 Å². The molecule has 0 fully saturated rings. The molecular formula is C21H14Cl2N4O3S. The summed E-state index contributed by atoms with van der Waals surface area (Å²) in [6.07, 6.45) is 1.58. The number of nitrogens with zero attached hydrogens (tertiary/aromatic N) is 2. The zero-order chi connectivity index (χ0) is 21.8. The first kappa shape index (κ1) is 21.0. The van der Waals surface area contributed by atoms with Crippen LogP contribution in [0.1, 0.15) is 10.4 Å². The number of carbonyl (C=O) groups excluding carboxylic acids is 2. The quantitative estimate of drug-likeness (QED) is 0.417. The second kappa shape index (κ2) is 9.30. The van der Waals surface area contributed by atoms with Crippen LogP contribution in [0.15, 0.2) is 60.8 Å². The molecule has 0 saturated heterocycles. The Morgan fingerprint density at radius 1 is 1.03 bits per heavy atom. The second-order valence-electron chi connectivity index (χ2n) is 6.25. The lowest BCUT2D eigenvalue weighted by Crippen LogP contribution is -2.44. The maximum Gasteiger partial charge on any atom is 0.276 e. The van der Waals surface area contributed by atoms with Crippen molar-refractivity contribution in [2.45, 2.75) is 0 Å². The zero-order valence-electron chi connectivity index (χ0n) is 15.8. The van der Waals surface area contributed by atoms with E-state index in [4.69, 9.17) is 27.9 Å². The smallest absolute Gasteiger partial charge is 0.276 e. The van der Waals surface area contributed by atoms with Crippen molar-refractivity contribution >= 4 is 56.6 Å². The number of ether oxygens (including phenoxy) is 1. The van der Waals surface area contributed by atoms with Gasteiger partial charge in [-0.25, -0.2) is 4.98 Å². The fraction of sp³-hybridized carbons (Fsp3) is 0.0476. The van der Waals surface area contributed by atoms with Crippen molar-refractivity contribution in [1.29, 1.82) is 0 Å². The van der Waals surface area contributed by atoms with Crippen LogP contribution in [0.3, 0.4) is 0 Å². The summed E-state index contributed by atoms with van der Waals surface area (Å²) in [5.74, 6) is -0.789. The van der Waals surface area contributed by atoms with Crippen LogP contribution in [0, 0.1) is 0 Å². The van der Waals surface area contributed by atoms with Crippen molar-refractivity contribution in [2.24, 2.45) is 0 Å². The van der Waals surface area contributed by atoms with Gasteiger partial charge in [0, 0.05) is 11.2 Å². The standard InChI is InChI=1S/C21H14Cl2N4O3S/c22-12-7-8-16(14(23)10-12)30-11-18(28)26-27-20(29)13-4-3-9-24-19(13)21-25-15-5-1-2-6-17(15)31-21/h1-10H,11H2,(H,26,28)(H,27,29). The van der Waals surface area contributed by atoms with Gasteiger partial charge in [0.25, 0.3) is 11.8 Å². The molecule has 0 aliphatic rings. The fourth-order valence-corrected chi connectivity index (χ4v) is 4.14. The number of carbonyl (C=O) groups is 2. The number of hydrogen-bond acceptors (Lipinski definition) is 6. The number of nitrogens with one attached hydrogen (secondary N) is 2. The molecule has 0 aliphatic heterocycles. The van der Waals surface area contributed by atoms with Crippen LogP contribution in [0.25, 0.3) is 20.9 Å². The number of rotatable bonds is 5. The van der Waals surface area contributed by atoms with Gasteiger partial charge in [0.2, 0.25) is 0 Å². The van der Waals surface area contributed by atoms with Crippen molar-refractivity contribution in [3.05, 3.63) is 76.4 Å². The van der Waals surface area contributed by atoms with E-state index in [1.54, 1.807) is 30.5 Å². The molecule has 0 bridgehead atoms. The highest BCUT2D eigenvalue weighted by Gasteiger charge is 2.18. The third kappa shape index (κ3) is 4.93. The van der Waals surface area contributed by atoms with Crippen LogP contribution in [0.5, 0.6) is 5.75 Å². The number of pyridine rings is 1. The Morgan fingerprint density at radius 3 is 2.68 bits per heavy atom. The monoisotopic (exact) mass is 472 g/mol. The van der Waals surface area contributed by atoms with E-state index in [0.29, 0.717) is 21.5 Å². The number of fused-ring (bicyclic) bond motifs is 1. The van der Waals surface area contributed by atoms with Crippen LogP contribution in [-0.4, -0.2) is 28.4 Å². The summed E-state index contributed by atoms with van der Waals surface area (Å²) < 4.78 is 6.33. The molecule has 0 unspecified atom stereocenters. The van der Waals surface area contributed by atoms with E-state index >= 15 is 0 Å². The van der Waals surface area contributed by atoms with Gasteiger partial charge in [-0.05, 0) is 42.5 Å². The number of hydrazine groups is 1. The van der Waals surface area contributed by atoms with Crippen molar-refractivity contribution < 1.29 is 14.3 Å². The van der Waals surface area contributed by atoms with Crippen molar-refractivity contribution in [1.82, 2.24) is 20.8 Å². The SMILES string of the molecule is O=C(COc1ccc(Cl)cc1Cl)NNC(=O)c1cccnc1-c1nc2ccccc2s1. The number of thiazole rings is 1. The Hall–Kier alpha value is -3.20. The fourth-order valence-electron chi connectivity index (χ4n) is 2.70. The first-order valence-electron chi connectivity index (χ1n) is 8.99. The number of benzene rings is 2. The van der Waals surface area contributed by atoms with Gasteiger partial charge < -0.3 is 4.74 Å². The average molecular weight is 473 g/mol. The molecule has 2 N–H and O–H groups in total. The number of amides is 2. The Kier molecular flexibility index (Phi) is 6.31. The molecule has 31 heavy (non-hydrogen) atoms. The van der Waals surface area contributed by atoms with E-state index in [0.717, 1.165) is 10.2 Å². The van der Waals surface area contributed by atoms with Crippen molar-refractivity contribution in [2.75, 3.05) is 6.61 Å². The van der Waals surface area contributed by atoms with Crippen LogP contribution < -0.4 is 15.6 Å². The molecule has 0 saturated carbocycles. The van der Waals surface area contributed by atoms with Gasteiger partial charge >= 0.3 is 0 Å². The molecule has 2 heterocycles.